The number of cyclic esters (lactones) is 1. The van der Waals surface area contributed by atoms with Crippen molar-refractivity contribution < 1.29 is 19.1 Å². The summed E-state index contributed by atoms with van der Waals surface area (Å²) >= 11 is 0. The normalized spacial score (nSPS) is 30.2. The first kappa shape index (κ1) is 19.0. The lowest BCUT2D eigenvalue weighted by atomic mass is 9.88. The van der Waals surface area contributed by atoms with E-state index in [0.29, 0.717) is 0 Å². The Kier molecular flexibility index (Phi) is 7.91. The minimum absolute atomic E-state index is 0.0752. The average Bonchev–Trinajstić information content (AvgIpc) is 2.49. The molecule has 0 radical (unpaired) electrons. The summed E-state index contributed by atoms with van der Waals surface area (Å²) in [6.07, 6.45) is 5.21. The first-order valence-corrected chi connectivity index (χ1v) is 8.77. The number of carbonyl (C=O) groups is 2. The number of hydrogen-bond donors (Lipinski definition) is 0. The van der Waals surface area contributed by atoms with Crippen molar-refractivity contribution in [1.29, 1.82) is 0 Å². The molecular weight excluding hydrogens is 280 g/mol. The standard InChI is InChI=1S/C18H32O4/c1-6-7-10-15-14(5)21-18(20)13(4)9-8-11-16(15)22-17(19)12(2)3/h12-16H,6-11H2,1-5H3/t13-,14-,15-,16-/m0/s1. The zero-order valence-corrected chi connectivity index (χ0v) is 14.8. The molecule has 1 aliphatic heterocycles. The quantitative estimate of drug-likeness (QED) is 0.717. The number of carbonyl (C=O) groups excluding carboxylic acids is 2. The number of esters is 2. The molecule has 1 saturated heterocycles. The van der Waals surface area contributed by atoms with Crippen molar-refractivity contribution >= 4 is 11.9 Å². The summed E-state index contributed by atoms with van der Waals surface area (Å²) in [7, 11) is 0. The predicted molar refractivity (Wildman–Crippen MR) is 86.3 cm³/mol. The first-order valence-electron chi connectivity index (χ1n) is 8.77. The Morgan fingerprint density at radius 1 is 1.32 bits per heavy atom. The van der Waals surface area contributed by atoms with Crippen LogP contribution in [0.15, 0.2) is 0 Å². The van der Waals surface area contributed by atoms with Gasteiger partial charge in [-0.1, -0.05) is 40.5 Å². The number of unbranched alkanes of at least 4 members (excludes halogenated alkanes) is 1. The lowest BCUT2D eigenvalue weighted by molar-refractivity contribution is -0.164. The van der Waals surface area contributed by atoms with Crippen LogP contribution in [-0.2, 0) is 19.1 Å². The van der Waals surface area contributed by atoms with E-state index >= 15 is 0 Å². The second kappa shape index (κ2) is 9.16. The van der Waals surface area contributed by atoms with Crippen LogP contribution < -0.4 is 0 Å². The van der Waals surface area contributed by atoms with Gasteiger partial charge in [-0.2, -0.15) is 0 Å². The molecule has 0 amide bonds. The molecule has 0 aromatic heterocycles. The van der Waals surface area contributed by atoms with Gasteiger partial charge in [-0.05, 0) is 32.6 Å². The van der Waals surface area contributed by atoms with E-state index in [1.807, 2.05) is 27.7 Å². The predicted octanol–water partition coefficient (Wildman–Crippen LogP) is 4.11. The maximum Gasteiger partial charge on any atom is 0.308 e. The Hall–Kier alpha value is -1.06. The summed E-state index contributed by atoms with van der Waals surface area (Å²) < 4.78 is 11.4. The molecule has 1 fully saturated rings. The van der Waals surface area contributed by atoms with Gasteiger partial charge in [0.1, 0.15) is 12.2 Å². The first-order chi connectivity index (χ1) is 10.4. The highest BCUT2D eigenvalue weighted by molar-refractivity contribution is 5.72. The molecular formula is C18H32O4. The molecule has 4 atom stereocenters. The fourth-order valence-corrected chi connectivity index (χ4v) is 2.94. The fourth-order valence-electron chi connectivity index (χ4n) is 2.94. The van der Waals surface area contributed by atoms with E-state index in [-0.39, 0.29) is 41.9 Å². The molecule has 4 nitrogen and oxygen atoms in total. The highest BCUT2D eigenvalue weighted by Crippen LogP contribution is 2.29. The van der Waals surface area contributed by atoms with Crippen molar-refractivity contribution in [3.8, 4) is 0 Å². The summed E-state index contributed by atoms with van der Waals surface area (Å²) in [5.74, 6) is -0.385. The Balaban J connectivity index is 2.89. The molecule has 0 unspecified atom stereocenters. The van der Waals surface area contributed by atoms with E-state index in [0.717, 1.165) is 38.5 Å². The number of rotatable bonds is 5. The van der Waals surface area contributed by atoms with Gasteiger partial charge in [0, 0.05) is 5.92 Å². The van der Waals surface area contributed by atoms with Crippen molar-refractivity contribution in [3.63, 3.8) is 0 Å². The summed E-state index contributed by atoms with van der Waals surface area (Å²) in [6.45, 7) is 9.69. The van der Waals surface area contributed by atoms with Crippen LogP contribution in [0.4, 0.5) is 0 Å². The van der Waals surface area contributed by atoms with Crippen LogP contribution in [0.1, 0.15) is 73.1 Å². The topological polar surface area (TPSA) is 52.6 Å². The Labute approximate surface area is 134 Å². The highest BCUT2D eigenvalue weighted by Gasteiger charge is 2.34. The SMILES string of the molecule is CCCC[C@H]1[C@H](C)OC(=O)[C@@H](C)CCC[C@@H]1OC(=O)C(C)C. The third-order valence-electron chi connectivity index (χ3n) is 4.54. The van der Waals surface area contributed by atoms with Gasteiger partial charge in [0.25, 0.3) is 0 Å². The molecule has 0 spiro atoms. The largest absolute Gasteiger partial charge is 0.462 e. The van der Waals surface area contributed by atoms with Crippen LogP contribution in [0.2, 0.25) is 0 Å². The van der Waals surface area contributed by atoms with E-state index in [2.05, 4.69) is 6.92 Å². The van der Waals surface area contributed by atoms with Gasteiger partial charge in [0.2, 0.25) is 0 Å². The average molecular weight is 312 g/mol. The van der Waals surface area contributed by atoms with Gasteiger partial charge in [0.05, 0.1) is 11.8 Å². The van der Waals surface area contributed by atoms with Crippen LogP contribution in [0.25, 0.3) is 0 Å². The third kappa shape index (κ3) is 5.62. The minimum Gasteiger partial charge on any atom is -0.462 e. The minimum atomic E-state index is -0.204. The molecule has 0 saturated carbocycles. The van der Waals surface area contributed by atoms with Gasteiger partial charge < -0.3 is 9.47 Å². The van der Waals surface area contributed by atoms with Crippen molar-refractivity contribution in [2.45, 2.75) is 85.4 Å². The monoisotopic (exact) mass is 312 g/mol. The Morgan fingerprint density at radius 3 is 2.59 bits per heavy atom. The van der Waals surface area contributed by atoms with E-state index < -0.39 is 0 Å². The van der Waals surface area contributed by atoms with E-state index in [1.54, 1.807) is 0 Å². The lowest BCUT2D eigenvalue weighted by Gasteiger charge is -2.31. The summed E-state index contributed by atoms with van der Waals surface area (Å²) in [6, 6.07) is 0. The molecule has 0 bridgehead atoms. The zero-order valence-electron chi connectivity index (χ0n) is 14.8. The Bertz CT molecular complexity index is 364. The number of hydrogen-bond acceptors (Lipinski definition) is 4. The molecule has 0 aliphatic carbocycles. The van der Waals surface area contributed by atoms with Gasteiger partial charge >= 0.3 is 11.9 Å². The molecule has 4 heteroatoms. The summed E-state index contributed by atoms with van der Waals surface area (Å²) in [5.41, 5.74) is 0. The smallest absolute Gasteiger partial charge is 0.308 e. The molecule has 0 aromatic rings. The zero-order chi connectivity index (χ0) is 16.7. The van der Waals surface area contributed by atoms with E-state index in [9.17, 15) is 9.59 Å². The van der Waals surface area contributed by atoms with Crippen molar-refractivity contribution in [3.05, 3.63) is 0 Å². The second-order valence-corrected chi connectivity index (χ2v) is 6.91. The maximum atomic E-state index is 12.1. The van der Waals surface area contributed by atoms with Crippen LogP contribution in [0.3, 0.4) is 0 Å². The van der Waals surface area contributed by atoms with Gasteiger partial charge in [-0.25, -0.2) is 0 Å². The van der Waals surface area contributed by atoms with Gasteiger partial charge in [-0.3, -0.25) is 9.59 Å². The van der Waals surface area contributed by atoms with Crippen molar-refractivity contribution in [1.82, 2.24) is 0 Å². The van der Waals surface area contributed by atoms with Gasteiger partial charge in [0.15, 0.2) is 0 Å². The number of ether oxygens (including phenoxy) is 2. The summed E-state index contributed by atoms with van der Waals surface area (Å²) in [4.78, 5) is 24.1. The molecule has 1 rings (SSSR count). The lowest BCUT2D eigenvalue weighted by Crippen LogP contribution is -2.37. The molecule has 22 heavy (non-hydrogen) atoms. The van der Waals surface area contributed by atoms with Crippen LogP contribution in [-0.4, -0.2) is 24.1 Å². The molecule has 0 aromatic carbocycles. The molecule has 128 valence electrons. The van der Waals surface area contributed by atoms with Gasteiger partial charge in [-0.15, -0.1) is 0 Å². The molecule has 0 N–H and O–H groups in total. The van der Waals surface area contributed by atoms with Crippen molar-refractivity contribution in [2.24, 2.45) is 17.8 Å². The maximum absolute atomic E-state index is 12.1. The second-order valence-electron chi connectivity index (χ2n) is 6.91. The highest BCUT2D eigenvalue weighted by atomic mass is 16.6. The molecule has 1 aliphatic rings. The fraction of sp³-hybridized carbons (Fsp3) is 0.889. The van der Waals surface area contributed by atoms with E-state index in [1.165, 1.54) is 0 Å². The van der Waals surface area contributed by atoms with Crippen LogP contribution >= 0.6 is 0 Å². The van der Waals surface area contributed by atoms with Crippen molar-refractivity contribution in [2.75, 3.05) is 0 Å². The van der Waals surface area contributed by atoms with Crippen LogP contribution in [0, 0.1) is 17.8 Å². The summed E-state index contributed by atoms with van der Waals surface area (Å²) in [5, 5.41) is 0. The van der Waals surface area contributed by atoms with Crippen LogP contribution in [0.5, 0.6) is 0 Å². The molecule has 1 heterocycles. The Morgan fingerprint density at radius 2 is 2.00 bits per heavy atom. The van der Waals surface area contributed by atoms with E-state index in [4.69, 9.17) is 9.47 Å². The third-order valence-corrected chi connectivity index (χ3v) is 4.54.